The molecular weight excluding hydrogens is 461 g/mol. The molecule has 7 nitrogen and oxygen atoms in total. The molecule has 0 saturated heterocycles. The Hall–Kier alpha value is -2.84. The van der Waals surface area contributed by atoms with Gasteiger partial charge in [0.2, 0.25) is 5.82 Å². The van der Waals surface area contributed by atoms with E-state index in [1.807, 2.05) is 57.3 Å². The zero-order valence-corrected chi connectivity index (χ0v) is 20.6. The summed E-state index contributed by atoms with van der Waals surface area (Å²) in [6, 6.07) is 16.6. The van der Waals surface area contributed by atoms with Crippen LogP contribution in [0.4, 0.5) is 0 Å². The minimum absolute atomic E-state index is 0.131. The fourth-order valence-electron chi connectivity index (χ4n) is 2.83. The average Bonchev–Trinajstić information content (AvgIpc) is 3.26. The van der Waals surface area contributed by atoms with E-state index < -0.39 is 0 Å². The molecule has 4 aromatic rings. The Morgan fingerprint density at radius 2 is 1.73 bits per heavy atom. The van der Waals surface area contributed by atoms with Crippen molar-refractivity contribution in [3.63, 3.8) is 0 Å². The van der Waals surface area contributed by atoms with E-state index in [2.05, 4.69) is 20.6 Å². The summed E-state index contributed by atoms with van der Waals surface area (Å²) < 4.78 is 6.13. The highest BCUT2D eigenvalue weighted by atomic mass is 35.5. The number of hydrogen-bond acceptors (Lipinski definition) is 6. The fourth-order valence-corrected chi connectivity index (χ4v) is 3.18. The van der Waals surface area contributed by atoms with Gasteiger partial charge in [0.05, 0.1) is 11.6 Å². The molecule has 2 aromatic heterocycles. The Bertz CT molecular complexity index is 1160. The van der Waals surface area contributed by atoms with Gasteiger partial charge in [-0.3, -0.25) is 4.79 Å². The van der Waals surface area contributed by atoms with Crippen molar-refractivity contribution in [2.24, 2.45) is 0 Å². The van der Waals surface area contributed by atoms with E-state index in [-0.39, 0.29) is 5.82 Å². The number of nitrogens with zero attached hydrogens (tertiary/aromatic N) is 4. The van der Waals surface area contributed by atoms with Crippen molar-refractivity contribution in [3.8, 4) is 22.4 Å². The number of aldehydes is 1. The number of methoxy groups -OCH3 is 1. The van der Waals surface area contributed by atoms with Gasteiger partial charge in [-0.2, -0.15) is 9.61 Å². The van der Waals surface area contributed by atoms with Crippen molar-refractivity contribution in [3.05, 3.63) is 70.5 Å². The third-order valence-electron chi connectivity index (χ3n) is 4.36. The number of benzene rings is 2. The number of likely N-dealkylation sites (N-methyl/N-ethyl adjacent to an activating group) is 1. The van der Waals surface area contributed by atoms with Gasteiger partial charge in [0, 0.05) is 29.8 Å². The molecule has 9 heteroatoms. The molecule has 0 atom stereocenters. The fraction of sp³-hybridized carbons (Fsp3) is 0.250. The molecule has 2 aromatic carbocycles. The number of carbonyl (C=O) groups excluding carboxylic acids is 1. The first-order valence-corrected chi connectivity index (χ1v) is 11.2. The number of rotatable bonds is 6. The van der Waals surface area contributed by atoms with E-state index in [1.165, 1.54) is 4.52 Å². The minimum atomic E-state index is 0.131. The molecule has 0 aliphatic heterocycles. The van der Waals surface area contributed by atoms with Gasteiger partial charge in [-0.1, -0.05) is 67.4 Å². The molecule has 174 valence electrons. The second-order valence-corrected chi connectivity index (χ2v) is 7.28. The molecule has 1 N–H and O–H groups in total. The normalized spacial score (nSPS) is 10.1. The van der Waals surface area contributed by atoms with Gasteiger partial charge in [0.25, 0.3) is 0 Å². The first-order valence-electron chi connectivity index (χ1n) is 10.4. The molecule has 33 heavy (non-hydrogen) atoms. The van der Waals surface area contributed by atoms with E-state index >= 15 is 0 Å². The molecule has 4 rings (SSSR count). The van der Waals surface area contributed by atoms with Gasteiger partial charge in [0.1, 0.15) is 5.69 Å². The van der Waals surface area contributed by atoms with Crippen LogP contribution < -0.4 is 5.32 Å². The Kier molecular flexibility index (Phi) is 10.9. The monoisotopic (exact) mass is 487 g/mol. The second kappa shape index (κ2) is 13.6. The SMILES string of the molecule is CC.CNCCOC.O=Cc1nnc2cc(-c3ccc(Cl)cc3)c(-c3ccccc3Cl)nn12. The molecule has 0 fully saturated rings. The predicted octanol–water partition coefficient (Wildman–Crippen LogP) is 5.46. The average molecular weight is 488 g/mol. The van der Waals surface area contributed by atoms with E-state index in [0.29, 0.717) is 27.7 Å². The van der Waals surface area contributed by atoms with Crippen LogP contribution in [0.1, 0.15) is 24.5 Å². The lowest BCUT2D eigenvalue weighted by molar-refractivity contribution is 0.111. The maximum atomic E-state index is 11.2. The Balaban J connectivity index is 0.000000421. The maximum absolute atomic E-state index is 11.2. The molecule has 0 aliphatic rings. The van der Waals surface area contributed by atoms with Crippen LogP contribution in [0.2, 0.25) is 10.0 Å². The van der Waals surface area contributed by atoms with Crippen molar-refractivity contribution in [2.75, 3.05) is 27.3 Å². The summed E-state index contributed by atoms with van der Waals surface area (Å²) in [5.74, 6) is 0.131. The second-order valence-electron chi connectivity index (χ2n) is 6.44. The van der Waals surface area contributed by atoms with Crippen molar-refractivity contribution < 1.29 is 9.53 Å². The van der Waals surface area contributed by atoms with Crippen LogP contribution >= 0.6 is 23.2 Å². The quantitative estimate of drug-likeness (QED) is 0.287. The highest BCUT2D eigenvalue weighted by Crippen LogP contribution is 2.35. The van der Waals surface area contributed by atoms with Gasteiger partial charge in [0.15, 0.2) is 11.9 Å². The molecular formula is C24H27Cl2N5O2. The summed E-state index contributed by atoms with van der Waals surface area (Å²) >= 11 is 12.4. The smallest absolute Gasteiger partial charge is 0.217 e. The van der Waals surface area contributed by atoms with Crippen LogP contribution in [-0.2, 0) is 4.74 Å². The largest absolute Gasteiger partial charge is 0.383 e. The zero-order valence-electron chi connectivity index (χ0n) is 19.0. The van der Waals surface area contributed by atoms with Crippen molar-refractivity contribution in [1.29, 1.82) is 0 Å². The number of carbonyl (C=O) groups is 1. The van der Waals surface area contributed by atoms with E-state index in [9.17, 15) is 4.79 Å². The van der Waals surface area contributed by atoms with Crippen molar-refractivity contribution >= 4 is 35.1 Å². The Morgan fingerprint density at radius 3 is 2.30 bits per heavy atom. The van der Waals surface area contributed by atoms with Crippen LogP contribution in [-0.4, -0.2) is 53.4 Å². The summed E-state index contributed by atoms with van der Waals surface area (Å²) in [5.41, 5.74) is 3.58. The summed E-state index contributed by atoms with van der Waals surface area (Å²) in [4.78, 5) is 11.2. The summed E-state index contributed by atoms with van der Waals surface area (Å²) in [7, 11) is 3.59. The number of nitrogens with one attached hydrogen (secondary N) is 1. The highest BCUT2D eigenvalue weighted by Gasteiger charge is 2.16. The number of fused-ring (bicyclic) bond motifs is 1. The van der Waals surface area contributed by atoms with Crippen LogP contribution in [0.3, 0.4) is 0 Å². The van der Waals surface area contributed by atoms with E-state index in [0.717, 1.165) is 29.8 Å². The minimum Gasteiger partial charge on any atom is -0.383 e. The molecule has 0 amide bonds. The predicted molar refractivity (Wildman–Crippen MR) is 134 cm³/mol. The molecule has 0 saturated carbocycles. The van der Waals surface area contributed by atoms with E-state index in [4.69, 9.17) is 27.9 Å². The van der Waals surface area contributed by atoms with Crippen LogP contribution in [0.5, 0.6) is 0 Å². The number of ether oxygens (including phenoxy) is 1. The topological polar surface area (TPSA) is 81.4 Å². The van der Waals surface area contributed by atoms with Crippen LogP contribution in [0, 0.1) is 0 Å². The summed E-state index contributed by atoms with van der Waals surface area (Å²) in [6.07, 6.45) is 0.616. The van der Waals surface area contributed by atoms with E-state index in [1.54, 1.807) is 25.3 Å². The molecule has 0 spiro atoms. The highest BCUT2D eigenvalue weighted by molar-refractivity contribution is 6.33. The summed E-state index contributed by atoms with van der Waals surface area (Å²) in [5, 5.41) is 16.6. The first kappa shape index (κ1) is 26.4. The third kappa shape index (κ3) is 6.82. The van der Waals surface area contributed by atoms with Crippen molar-refractivity contribution in [1.82, 2.24) is 25.1 Å². The Labute approximate surface area is 203 Å². The standard InChI is InChI=1S/C18H10Cl2N4O.C4H11NO.C2H6/c19-12-7-5-11(6-8-12)14-9-16-21-22-17(10-25)24(16)23-18(14)13-3-1-2-4-15(13)20;1-5-3-4-6-2;1-2/h1-10H;5H,3-4H2,1-2H3;1-2H3. The number of aromatic nitrogens is 4. The molecule has 0 unspecified atom stereocenters. The molecule has 0 aliphatic carbocycles. The lowest BCUT2D eigenvalue weighted by Crippen LogP contribution is -2.12. The number of hydrogen-bond donors (Lipinski definition) is 1. The maximum Gasteiger partial charge on any atom is 0.217 e. The van der Waals surface area contributed by atoms with Gasteiger partial charge >= 0.3 is 0 Å². The number of halogens is 2. The van der Waals surface area contributed by atoms with Crippen LogP contribution in [0.15, 0.2) is 54.6 Å². The van der Waals surface area contributed by atoms with Gasteiger partial charge < -0.3 is 10.1 Å². The third-order valence-corrected chi connectivity index (χ3v) is 4.94. The molecule has 2 heterocycles. The van der Waals surface area contributed by atoms with Crippen molar-refractivity contribution in [2.45, 2.75) is 13.8 Å². The summed E-state index contributed by atoms with van der Waals surface area (Å²) in [6.45, 7) is 5.74. The molecule has 0 radical (unpaired) electrons. The lowest BCUT2D eigenvalue weighted by Gasteiger charge is -2.11. The van der Waals surface area contributed by atoms with Gasteiger partial charge in [-0.05, 0) is 36.9 Å². The van der Waals surface area contributed by atoms with Gasteiger partial charge in [-0.15, -0.1) is 10.2 Å². The Morgan fingerprint density at radius 1 is 1.03 bits per heavy atom. The first-order chi connectivity index (χ1) is 16.1. The lowest BCUT2D eigenvalue weighted by atomic mass is 10.00. The van der Waals surface area contributed by atoms with Gasteiger partial charge in [-0.25, -0.2) is 0 Å². The van der Waals surface area contributed by atoms with Crippen LogP contribution in [0.25, 0.3) is 28.0 Å². The molecule has 0 bridgehead atoms. The zero-order chi connectivity index (χ0) is 24.2.